The molecule has 22 heavy (non-hydrogen) atoms. The topological polar surface area (TPSA) is 68.2 Å². The van der Waals surface area contributed by atoms with Crippen LogP contribution in [0.3, 0.4) is 0 Å². The number of fused-ring (bicyclic) bond motifs is 2. The van der Waals surface area contributed by atoms with Gasteiger partial charge in [-0.3, -0.25) is 9.78 Å². The van der Waals surface area contributed by atoms with Crippen LogP contribution in [0.25, 0.3) is 0 Å². The molecular formula is C15H16N4O2S. The lowest BCUT2D eigenvalue weighted by Gasteiger charge is -2.31. The molecule has 1 aliphatic carbocycles. The standard InChI is InChI=1S/C15H16N4O2S/c20-15(13-9-22-18-17-13)19-7-11-4-12(19)5-14(11)21-8-10-2-1-3-16-6-10/h1-3,6,9,11-12,14H,4-5,7-8H2. The number of carbonyl (C=O) groups is 1. The summed E-state index contributed by atoms with van der Waals surface area (Å²) in [6, 6.07) is 4.21. The van der Waals surface area contributed by atoms with Crippen LogP contribution in [0.1, 0.15) is 28.9 Å². The van der Waals surface area contributed by atoms with E-state index >= 15 is 0 Å². The Morgan fingerprint density at radius 2 is 2.41 bits per heavy atom. The van der Waals surface area contributed by atoms with E-state index in [0.717, 1.165) is 24.9 Å². The maximum absolute atomic E-state index is 12.4. The van der Waals surface area contributed by atoms with Crippen LogP contribution in [0.5, 0.6) is 0 Å². The average Bonchev–Trinajstić information content (AvgIpc) is 3.29. The first-order valence-corrected chi connectivity index (χ1v) is 8.23. The van der Waals surface area contributed by atoms with Crippen LogP contribution in [-0.2, 0) is 11.3 Å². The van der Waals surface area contributed by atoms with Crippen molar-refractivity contribution >= 4 is 17.4 Å². The Bertz CT molecular complexity index is 649. The summed E-state index contributed by atoms with van der Waals surface area (Å²) in [4.78, 5) is 18.4. The zero-order chi connectivity index (χ0) is 14.9. The van der Waals surface area contributed by atoms with Crippen molar-refractivity contribution in [2.24, 2.45) is 5.92 Å². The van der Waals surface area contributed by atoms with E-state index < -0.39 is 0 Å². The predicted octanol–water partition coefficient (Wildman–Crippen LogP) is 1.75. The number of hydrogen-bond acceptors (Lipinski definition) is 6. The first-order chi connectivity index (χ1) is 10.8. The van der Waals surface area contributed by atoms with Gasteiger partial charge in [0.2, 0.25) is 0 Å². The normalized spacial score (nSPS) is 26.5. The Kier molecular flexibility index (Phi) is 3.59. The molecule has 3 unspecified atom stereocenters. The van der Waals surface area contributed by atoms with Crippen LogP contribution >= 0.6 is 11.5 Å². The summed E-state index contributed by atoms with van der Waals surface area (Å²) in [5.74, 6) is 0.434. The Morgan fingerprint density at radius 3 is 3.09 bits per heavy atom. The van der Waals surface area contributed by atoms with Gasteiger partial charge in [0.1, 0.15) is 0 Å². The minimum Gasteiger partial charge on any atom is -0.373 e. The number of amides is 1. The van der Waals surface area contributed by atoms with Crippen molar-refractivity contribution < 1.29 is 9.53 Å². The summed E-state index contributed by atoms with van der Waals surface area (Å²) in [6.45, 7) is 1.35. The highest BCUT2D eigenvalue weighted by Gasteiger charge is 2.47. The van der Waals surface area contributed by atoms with Gasteiger partial charge in [0.05, 0.1) is 12.7 Å². The van der Waals surface area contributed by atoms with Gasteiger partial charge in [0.15, 0.2) is 5.69 Å². The van der Waals surface area contributed by atoms with E-state index in [1.165, 1.54) is 11.5 Å². The molecular weight excluding hydrogens is 300 g/mol. The van der Waals surface area contributed by atoms with Crippen LogP contribution in [0.4, 0.5) is 0 Å². The lowest BCUT2D eigenvalue weighted by molar-refractivity contribution is -0.00806. The SMILES string of the molecule is O=C(c1csnn1)N1CC2CC1CC2OCc1cccnc1. The lowest BCUT2D eigenvalue weighted by Crippen LogP contribution is -2.42. The number of carbonyl (C=O) groups excluding carboxylic acids is 1. The number of likely N-dealkylation sites (tertiary alicyclic amines) is 1. The van der Waals surface area contributed by atoms with Gasteiger partial charge >= 0.3 is 0 Å². The van der Waals surface area contributed by atoms with Crippen molar-refractivity contribution in [2.75, 3.05) is 6.54 Å². The number of nitrogens with zero attached hydrogens (tertiary/aromatic N) is 4. The van der Waals surface area contributed by atoms with Crippen molar-refractivity contribution in [3.63, 3.8) is 0 Å². The highest BCUT2D eigenvalue weighted by atomic mass is 32.1. The zero-order valence-electron chi connectivity index (χ0n) is 12.0. The van der Waals surface area contributed by atoms with Gasteiger partial charge in [-0.15, -0.1) is 5.10 Å². The molecule has 114 valence electrons. The average molecular weight is 316 g/mol. The largest absolute Gasteiger partial charge is 0.373 e. The third-order valence-electron chi connectivity index (χ3n) is 4.50. The number of hydrogen-bond donors (Lipinski definition) is 0. The molecule has 1 amide bonds. The number of aromatic nitrogens is 3. The maximum Gasteiger partial charge on any atom is 0.275 e. The number of pyridine rings is 1. The molecule has 1 saturated carbocycles. The Labute approximate surface area is 132 Å². The highest BCUT2D eigenvalue weighted by Crippen LogP contribution is 2.40. The smallest absolute Gasteiger partial charge is 0.275 e. The maximum atomic E-state index is 12.4. The molecule has 3 atom stereocenters. The summed E-state index contributed by atoms with van der Waals surface area (Å²) in [5.41, 5.74) is 1.55. The van der Waals surface area contributed by atoms with E-state index in [-0.39, 0.29) is 18.1 Å². The second-order valence-electron chi connectivity index (χ2n) is 5.84. The van der Waals surface area contributed by atoms with Crippen LogP contribution in [0, 0.1) is 5.92 Å². The predicted molar refractivity (Wildman–Crippen MR) is 80.3 cm³/mol. The van der Waals surface area contributed by atoms with E-state index in [4.69, 9.17) is 4.74 Å². The number of ether oxygens (including phenoxy) is 1. The molecule has 0 N–H and O–H groups in total. The summed E-state index contributed by atoms with van der Waals surface area (Å²) in [6.07, 6.45) is 5.77. The fourth-order valence-corrected chi connectivity index (χ4v) is 3.88. The monoisotopic (exact) mass is 316 g/mol. The van der Waals surface area contributed by atoms with Gasteiger partial charge in [-0.1, -0.05) is 10.6 Å². The van der Waals surface area contributed by atoms with Crippen LogP contribution < -0.4 is 0 Å². The van der Waals surface area contributed by atoms with Crippen LogP contribution in [0.2, 0.25) is 0 Å². The molecule has 2 aromatic rings. The lowest BCUT2D eigenvalue weighted by atomic mass is 10.1. The summed E-state index contributed by atoms with van der Waals surface area (Å²) in [5, 5.41) is 5.59. The van der Waals surface area contributed by atoms with Gasteiger partial charge in [-0.2, -0.15) is 0 Å². The van der Waals surface area contributed by atoms with Crippen molar-refractivity contribution in [3.8, 4) is 0 Å². The molecule has 2 aliphatic rings. The van der Waals surface area contributed by atoms with E-state index in [1.807, 2.05) is 23.2 Å². The molecule has 2 aromatic heterocycles. The van der Waals surface area contributed by atoms with Gasteiger partial charge < -0.3 is 9.64 Å². The van der Waals surface area contributed by atoms with E-state index in [2.05, 4.69) is 14.6 Å². The quantitative estimate of drug-likeness (QED) is 0.859. The number of piperidine rings is 1. The van der Waals surface area contributed by atoms with E-state index in [0.29, 0.717) is 18.2 Å². The van der Waals surface area contributed by atoms with Crippen LogP contribution in [-0.4, -0.2) is 44.1 Å². The van der Waals surface area contributed by atoms with Gasteiger partial charge in [-0.05, 0) is 36.0 Å². The molecule has 2 fully saturated rings. The highest BCUT2D eigenvalue weighted by molar-refractivity contribution is 7.03. The minimum atomic E-state index is 0.00644. The summed E-state index contributed by atoms with van der Waals surface area (Å²) < 4.78 is 9.81. The molecule has 3 heterocycles. The second-order valence-corrected chi connectivity index (χ2v) is 6.45. The van der Waals surface area contributed by atoms with Gasteiger partial charge in [-0.25, -0.2) is 0 Å². The molecule has 1 saturated heterocycles. The first-order valence-electron chi connectivity index (χ1n) is 7.40. The molecule has 0 radical (unpaired) electrons. The molecule has 7 heteroatoms. The van der Waals surface area contributed by atoms with Crippen molar-refractivity contribution in [1.29, 1.82) is 0 Å². The summed E-state index contributed by atoms with van der Waals surface area (Å²) >= 11 is 1.21. The van der Waals surface area contributed by atoms with Crippen molar-refractivity contribution in [3.05, 3.63) is 41.2 Å². The molecule has 1 aliphatic heterocycles. The third kappa shape index (κ3) is 2.50. The third-order valence-corrected chi connectivity index (χ3v) is 5.01. The Morgan fingerprint density at radius 1 is 1.45 bits per heavy atom. The van der Waals surface area contributed by atoms with E-state index in [9.17, 15) is 4.79 Å². The summed E-state index contributed by atoms with van der Waals surface area (Å²) in [7, 11) is 0. The Balaban J connectivity index is 1.35. The van der Waals surface area contributed by atoms with Gasteiger partial charge in [0, 0.05) is 36.3 Å². The molecule has 6 nitrogen and oxygen atoms in total. The molecule has 0 aromatic carbocycles. The zero-order valence-corrected chi connectivity index (χ0v) is 12.8. The second kappa shape index (κ2) is 5.73. The van der Waals surface area contributed by atoms with Gasteiger partial charge in [0.25, 0.3) is 5.91 Å². The first kappa shape index (κ1) is 13.8. The van der Waals surface area contributed by atoms with Crippen molar-refractivity contribution in [2.45, 2.75) is 31.6 Å². The molecule has 4 rings (SSSR count). The van der Waals surface area contributed by atoms with E-state index in [1.54, 1.807) is 11.6 Å². The number of rotatable bonds is 4. The Hall–Kier alpha value is -1.86. The van der Waals surface area contributed by atoms with Crippen LogP contribution in [0.15, 0.2) is 29.9 Å². The minimum absolute atomic E-state index is 0.00644. The fraction of sp³-hybridized carbons (Fsp3) is 0.467. The molecule has 0 spiro atoms. The molecule has 2 bridgehead atoms. The fourth-order valence-electron chi connectivity index (χ4n) is 3.45. The van der Waals surface area contributed by atoms with Crippen molar-refractivity contribution in [1.82, 2.24) is 19.5 Å².